The molecule has 0 fully saturated rings. The van der Waals surface area contributed by atoms with E-state index in [4.69, 9.17) is 11.5 Å². The number of hydrogen-bond acceptors (Lipinski definition) is 2. The van der Waals surface area contributed by atoms with Crippen LogP contribution in [0.2, 0.25) is 0 Å². The summed E-state index contributed by atoms with van der Waals surface area (Å²) in [7, 11) is 0. The predicted molar refractivity (Wildman–Crippen MR) is 134 cm³/mol. The maximum Gasteiger partial charge on any atom is 0.234 e. The lowest BCUT2D eigenvalue weighted by Crippen LogP contribution is -2.36. The van der Waals surface area contributed by atoms with Gasteiger partial charge in [0.25, 0.3) is 0 Å². The summed E-state index contributed by atoms with van der Waals surface area (Å²) in [6, 6.07) is 0. The summed E-state index contributed by atoms with van der Waals surface area (Å²) in [5.74, 6) is -2.16. The van der Waals surface area contributed by atoms with Gasteiger partial charge in [0, 0.05) is 0 Å². The Morgan fingerprint density at radius 1 is 0.581 bits per heavy atom. The van der Waals surface area contributed by atoms with Crippen LogP contribution in [0, 0.1) is 5.92 Å². The van der Waals surface area contributed by atoms with E-state index in [0.717, 1.165) is 37.7 Å². The zero-order valence-corrected chi connectivity index (χ0v) is 20.8. The van der Waals surface area contributed by atoms with E-state index in [1.807, 2.05) is 0 Å². The van der Waals surface area contributed by atoms with E-state index in [1.165, 1.54) is 96.3 Å². The Bertz CT molecular complexity index is 460. The fraction of sp³-hybridized carbons (Fsp3) is 0.852. The Kier molecular flexibility index (Phi) is 21.0. The number of unbranched alkanes of at least 4 members (excludes halogenated alkanes) is 17. The first-order chi connectivity index (χ1) is 15.0. The van der Waals surface area contributed by atoms with Crippen molar-refractivity contribution in [1.29, 1.82) is 0 Å². The fourth-order valence-electron chi connectivity index (χ4n) is 4.25. The third kappa shape index (κ3) is 18.0. The molecule has 0 heterocycles. The summed E-state index contributed by atoms with van der Waals surface area (Å²) in [4.78, 5) is 23.6. The van der Waals surface area contributed by atoms with Crippen molar-refractivity contribution in [2.45, 2.75) is 142 Å². The Hall–Kier alpha value is -1.32. The van der Waals surface area contributed by atoms with Gasteiger partial charge in [0.05, 0.1) is 0 Å². The highest BCUT2D eigenvalue weighted by atomic mass is 16.2. The van der Waals surface area contributed by atoms with Crippen LogP contribution in [0.1, 0.15) is 142 Å². The second-order valence-electron chi connectivity index (χ2n) is 9.21. The topological polar surface area (TPSA) is 86.2 Å². The minimum atomic E-state index is -0.937. The monoisotopic (exact) mass is 436 g/mol. The highest BCUT2D eigenvalue weighted by molar-refractivity contribution is 6.01. The Morgan fingerprint density at radius 3 is 1.32 bits per heavy atom. The summed E-state index contributed by atoms with van der Waals surface area (Å²) in [5, 5.41) is 0. The van der Waals surface area contributed by atoms with Crippen LogP contribution in [-0.4, -0.2) is 11.8 Å². The van der Waals surface area contributed by atoms with Gasteiger partial charge in [-0.3, -0.25) is 9.59 Å². The Labute approximate surface area is 193 Å². The molecule has 0 atom stereocenters. The van der Waals surface area contributed by atoms with Crippen LogP contribution >= 0.6 is 0 Å². The van der Waals surface area contributed by atoms with E-state index in [9.17, 15) is 9.59 Å². The zero-order chi connectivity index (χ0) is 23.2. The second-order valence-corrected chi connectivity index (χ2v) is 9.21. The van der Waals surface area contributed by atoms with Gasteiger partial charge in [0.1, 0.15) is 5.92 Å². The first-order valence-corrected chi connectivity index (χ1v) is 13.3. The number of rotatable bonds is 23. The van der Waals surface area contributed by atoms with Gasteiger partial charge < -0.3 is 11.5 Å². The third-order valence-electron chi connectivity index (χ3n) is 6.22. The van der Waals surface area contributed by atoms with Crippen LogP contribution in [0.25, 0.3) is 0 Å². The number of hydrogen-bond donors (Lipinski definition) is 2. The van der Waals surface area contributed by atoms with Crippen molar-refractivity contribution in [2.24, 2.45) is 17.4 Å². The molecule has 0 aromatic carbocycles. The van der Waals surface area contributed by atoms with E-state index >= 15 is 0 Å². The van der Waals surface area contributed by atoms with Crippen molar-refractivity contribution >= 4 is 11.8 Å². The van der Waals surface area contributed by atoms with E-state index in [-0.39, 0.29) is 0 Å². The summed E-state index contributed by atoms with van der Waals surface area (Å²) in [5.41, 5.74) is 11.8. The molecule has 0 aromatic heterocycles. The molecule has 0 aliphatic rings. The van der Waals surface area contributed by atoms with Crippen LogP contribution in [0.15, 0.2) is 11.6 Å². The summed E-state index contributed by atoms with van der Waals surface area (Å²) in [6.07, 6.45) is 26.6. The van der Waals surface area contributed by atoms with E-state index < -0.39 is 17.7 Å². The predicted octanol–water partition coefficient (Wildman–Crippen LogP) is 7.34. The quantitative estimate of drug-likeness (QED) is 0.0996. The van der Waals surface area contributed by atoms with Gasteiger partial charge in [-0.25, -0.2) is 0 Å². The minimum Gasteiger partial charge on any atom is -0.369 e. The lowest BCUT2D eigenvalue weighted by atomic mass is 9.91. The van der Waals surface area contributed by atoms with Gasteiger partial charge >= 0.3 is 0 Å². The average Bonchev–Trinajstić information content (AvgIpc) is 2.73. The molecule has 0 saturated heterocycles. The number of carbonyl (C=O) groups excluding carboxylic acids is 2. The van der Waals surface area contributed by atoms with Crippen molar-refractivity contribution in [2.75, 3.05) is 0 Å². The van der Waals surface area contributed by atoms with Crippen LogP contribution < -0.4 is 11.5 Å². The molecular weight excluding hydrogens is 384 g/mol. The van der Waals surface area contributed by atoms with E-state index in [1.54, 1.807) is 0 Å². The lowest BCUT2D eigenvalue weighted by Gasteiger charge is -2.15. The number of amides is 2. The van der Waals surface area contributed by atoms with E-state index in [2.05, 4.69) is 19.9 Å². The molecule has 0 bridgehead atoms. The smallest absolute Gasteiger partial charge is 0.234 e. The van der Waals surface area contributed by atoms with Gasteiger partial charge in [-0.05, 0) is 25.7 Å². The maximum absolute atomic E-state index is 11.8. The van der Waals surface area contributed by atoms with Crippen molar-refractivity contribution in [3.05, 3.63) is 11.6 Å². The third-order valence-corrected chi connectivity index (χ3v) is 6.22. The number of nitrogens with two attached hydrogens (primary N) is 2. The summed E-state index contributed by atoms with van der Waals surface area (Å²) < 4.78 is 0. The molecule has 0 aromatic rings. The van der Waals surface area contributed by atoms with Gasteiger partial charge in [-0.15, -0.1) is 0 Å². The summed E-state index contributed by atoms with van der Waals surface area (Å²) in [6.45, 7) is 4.49. The highest BCUT2D eigenvalue weighted by Crippen LogP contribution is 2.21. The van der Waals surface area contributed by atoms with Gasteiger partial charge in [0.15, 0.2) is 0 Å². The van der Waals surface area contributed by atoms with Crippen molar-refractivity contribution in [3.63, 3.8) is 0 Å². The SMILES string of the molecule is CCCCCCCCCCCC=C(CCCCCCCCCCC)C(C(N)=O)C(N)=O. The van der Waals surface area contributed by atoms with Crippen molar-refractivity contribution in [3.8, 4) is 0 Å². The molecule has 0 aliphatic heterocycles. The van der Waals surface area contributed by atoms with E-state index in [0.29, 0.717) is 0 Å². The highest BCUT2D eigenvalue weighted by Gasteiger charge is 2.25. The molecular formula is C27H52N2O2. The molecule has 0 radical (unpaired) electrons. The fourth-order valence-corrected chi connectivity index (χ4v) is 4.25. The molecule has 4 heteroatoms. The number of allylic oxidation sites excluding steroid dienone is 1. The van der Waals surface area contributed by atoms with Crippen LogP contribution in [0.4, 0.5) is 0 Å². The summed E-state index contributed by atoms with van der Waals surface area (Å²) >= 11 is 0. The molecule has 0 aliphatic carbocycles. The standard InChI is InChI=1S/C27H52N2O2/c1-3-5-7-9-11-13-15-17-19-21-23-24(25(26(28)30)27(29)31)22-20-18-16-14-12-10-8-6-4-2/h23,25H,3-22H2,1-2H3,(H2,28,30)(H2,29,31). The molecule has 0 unspecified atom stereocenters. The molecule has 4 nitrogen and oxygen atoms in total. The minimum absolute atomic E-state index is 0.609. The largest absolute Gasteiger partial charge is 0.369 e. The number of carbonyl (C=O) groups is 2. The molecule has 0 spiro atoms. The first kappa shape index (κ1) is 29.7. The number of primary amides is 2. The van der Waals surface area contributed by atoms with Gasteiger partial charge in [-0.1, -0.05) is 128 Å². The van der Waals surface area contributed by atoms with Gasteiger partial charge in [0.2, 0.25) is 11.8 Å². The normalized spacial score (nSPS) is 11.9. The average molecular weight is 437 g/mol. The first-order valence-electron chi connectivity index (χ1n) is 13.3. The van der Waals surface area contributed by atoms with Crippen LogP contribution in [-0.2, 0) is 9.59 Å². The Morgan fingerprint density at radius 2 is 0.935 bits per heavy atom. The molecule has 182 valence electrons. The molecule has 0 rings (SSSR count). The lowest BCUT2D eigenvalue weighted by molar-refractivity contribution is -0.130. The molecule has 31 heavy (non-hydrogen) atoms. The van der Waals surface area contributed by atoms with Crippen LogP contribution in [0.3, 0.4) is 0 Å². The van der Waals surface area contributed by atoms with Crippen molar-refractivity contribution < 1.29 is 9.59 Å². The molecule has 0 saturated carbocycles. The van der Waals surface area contributed by atoms with Gasteiger partial charge in [-0.2, -0.15) is 0 Å². The van der Waals surface area contributed by atoms with Crippen LogP contribution in [0.5, 0.6) is 0 Å². The second kappa shape index (κ2) is 21.9. The maximum atomic E-state index is 11.8. The van der Waals surface area contributed by atoms with Crippen molar-refractivity contribution in [1.82, 2.24) is 0 Å². The molecule has 4 N–H and O–H groups in total. The Balaban J connectivity index is 4.21. The molecule has 2 amide bonds. The zero-order valence-electron chi connectivity index (χ0n) is 20.8.